The van der Waals surface area contributed by atoms with Crippen LogP contribution < -0.4 is 25.6 Å². The summed E-state index contributed by atoms with van der Waals surface area (Å²) < 4.78 is 40.0. The summed E-state index contributed by atoms with van der Waals surface area (Å²) in [7, 11) is 0. The van der Waals surface area contributed by atoms with Gasteiger partial charge in [-0.2, -0.15) is 4.98 Å². The second-order valence-corrected chi connectivity index (χ2v) is 8.38. The molecule has 0 aromatic carbocycles. The van der Waals surface area contributed by atoms with Gasteiger partial charge in [-0.3, -0.25) is 4.79 Å². The van der Waals surface area contributed by atoms with E-state index in [-0.39, 0.29) is 35.1 Å². The van der Waals surface area contributed by atoms with Gasteiger partial charge in [0, 0.05) is 19.2 Å². The maximum absolute atomic E-state index is 14.6. The highest BCUT2D eigenvalue weighted by atomic mass is 19.1. The molecule has 0 saturated carbocycles. The van der Waals surface area contributed by atoms with E-state index < -0.39 is 17.2 Å². The van der Waals surface area contributed by atoms with Gasteiger partial charge in [0.25, 0.3) is 5.91 Å². The molecule has 0 atom stereocenters. The van der Waals surface area contributed by atoms with Crippen LogP contribution in [0, 0.1) is 11.6 Å². The molecule has 0 bridgehead atoms. The molecule has 5 rings (SSSR count). The number of hydrogen-bond donors (Lipinski definition) is 3. The molecule has 0 spiro atoms. The number of hydrogen-bond acceptors (Lipinski definition) is 10. The molecule has 0 radical (unpaired) electrons. The molecule has 1 amide bonds. The molecule has 3 aromatic rings. The van der Waals surface area contributed by atoms with Crippen molar-refractivity contribution in [1.29, 1.82) is 0 Å². The topological polar surface area (TPSA) is 126 Å². The van der Waals surface area contributed by atoms with E-state index in [0.717, 1.165) is 6.20 Å². The Kier molecular flexibility index (Phi) is 5.76. The Labute approximate surface area is 198 Å². The lowest BCUT2D eigenvalue weighted by Crippen LogP contribution is -2.46. The maximum Gasteiger partial charge on any atom is 0.269 e. The number of morpholine rings is 1. The summed E-state index contributed by atoms with van der Waals surface area (Å²) in [5.41, 5.74) is -0.732. The molecule has 1 saturated heterocycles. The molecule has 3 N–H and O–H groups in total. The lowest BCUT2D eigenvalue weighted by Gasteiger charge is -2.30. The standard InChI is InChI=1S/C22H22F2N8O3/c1-22(2)20(33)30-18-15(35-22)3-4-16(29-18)28-17-14(24)11-26-21(31-17)27-12-9-13(23)19(25-10-12)32-5-7-34-8-6-32/h3-4,9-11H,5-8H2,1-2H3,(H3,26,27,28,29,30,31,33). The number of carbonyl (C=O) groups is 1. The summed E-state index contributed by atoms with van der Waals surface area (Å²) in [5.74, 6) is -0.698. The predicted molar refractivity (Wildman–Crippen MR) is 123 cm³/mol. The molecular formula is C22H22F2N8O3. The van der Waals surface area contributed by atoms with Crippen LogP contribution in [-0.4, -0.2) is 57.7 Å². The third-order valence-corrected chi connectivity index (χ3v) is 5.38. The van der Waals surface area contributed by atoms with Gasteiger partial charge in [-0.25, -0.2) is 23.7 Å². The fourth-order valence-electron chi connectivity index (χ4n) is 3.54. The number of fused-ring (bicyclic) bond motifs is 1. The first-order valence-corrected chi connectivity index (χ1v) is 10.8. The van der Waals surface area contributed by atoms with Gasteiger partial charge in [-0.15, -0.1) is 0 Å². The first kappa shape index (κ1) is 22.7. The van der Waals surface area contributed by atoms with E-state index >= 15 is 0 Å². The Bertz CT molecular complexity index is 1280. The molecule has 2 aliphatic heterocycles. The minimum absolute atomic E-state index is 0.0190. The number of rotatable bonds is 5. The molecule has 182 valence electrons. The summed E-state index contributed by atoms with van der Waals surface area (Å²) in [6.07, 6.45) is 2.41. The largest absolute Gasteiger partial charge is 0.474 e. The maximum atomic E-state index is 14.6. The third-order valence-electron chi connectivity index (χ3n) is 5.38. The number of halogens is 2. The van der Waals surface area contributed by atoms with Crippen LogP contribution in [0.25, 0.3) is 0 Å². The van der Waals surface area contributed by atoms with Crippen LogP contribution in [0.15, 0.2) is 30.6 Å². The Hall–Kier alpha value is -4.13. The van der Waals surface area contributed by atoms with Crippen LogP contribution in [0.4, 0.5) is 43.7 Å². The Morgan fingerprint density at radius 3 is 2.63 bits per heavy atom. The van der Waals surface area contributed by atoms with Crippen LogP contribution in [0.3, 0.4) is 0 Å². The zero-order valence-electron chi connectivity index (χ0n) is 18.9. The monoisotopic (exact) mass is 484 g/mol. The minimum Gasteiger partial charge on any atom is -0.474 e. The smallest absolute Gasteiger partial charge is 0.269 e. The van der Waals surface area contributed by atoms with Gasteiger partial charge in [0.2, 0.25) is 5.95 Å². The van der Waals surface area contributed by atoms with Crippen molar-refractivity contribution in [2.24, 2.45) is 0 Å². The van der Waals surface area contributed by atoms with Crippen LogP contribution in [-0.2, 0) is 9.53 Å². The number of pyridine rings is 2. The van der Waals surface area contributed by atoms with Crippen molar-refractivity contribution >= 4 is 40.8 Å². The van der Waals surface area contributed by atoms with Crippen molar-refractivity contribution < 1.29 is 23.0 Å². The van der Waals surface area contributed by atoms with E-state index in [9.17, 15) is 13.6 Å². The number of aromatic nitrogens is 4. The molecular weight excluding hydrogens is 462 g/mol. The average molecular weight is 484 g/mol. The number of anilines is 6. The van der Waals surface area contributed by atoms with Gasteiger partial charge >= 0.3 is 0 Å². The van der Waals surface area contributed by atoms with E-state index in [0.29, 0.717) is 37.7 Å². The summed E-state index contributed by atoms with van der Waals surface area (Å²) in [6.45, 7) is 5.40. The summed E-state index contributed by atoms with van der Waals surface area (Å²) in [6, 6.07) is 4.44. The van der Waals surface area contributed by atoms with Crippen molar-refractivity contribution in [1.82, 2.24) is 19.9 Å². The number of amides is 1. The van der Waals surface area contributed by atoms with Crippen molar-refractivity contribution in [2.45, 2.75) is 19.4 Å². The van der Waals surface area contributed by atoms with Crippen LogP contribution >= 0.6 is 0 Å². The van der Waals surface area contributed by atoms with Crippen molar-refractivity contribution in [2.75, 3.05) is 47.2 Å². The highest BCUT2D eigenvalue weighted by molar-refractivity contribution is 5.99. The predicted octanol–water partition coefficient (Wildman–Crippen LogP) is 2.98. The third kappa shape index (κ3) is 4.75. The van der Waals surface area contributed by atoms with E-state index in [1.54, 1.807) is 30.9 Å². The SMILES string of the molecule is CC1(C)Oc2ccc(Nc3nc(Nc4cnc(N5CCOCC5)c(F)c4)ncc3F)nc2NC1=O. The molecule has 13 heteroatoms. The van der Waals surface area contributed by atoms with Gasteiger partial charge in [-0.1, -0.05) is 0 Å². The lowest BCUT2D eigenvalue weighted by molar-refractivity contribution is -0.129. The first-order chi connectivity index (χ1) is 16.8. The number of nitrogens with zero attached hydrogens (tertiary/aromatic N) is 5. The van der Waals surface area contributed by atoms with Crippen LogP contribution in [0.1, 0.15) is 13.8 Å². The fourth-order valence-corrected chi connectivity index (χ4v) is 3.54. The summed E-state index contributed by atoms with van der Waals surface area (Å²) >= 11 is 0. The average Bonchev–Trinajstić information content (AvgIpc) is 2.83. The number of carbonyl (C=O) groups excluding carboxylic acids is 1. The van der Waals surface area contributed by atoms with E-state index in [1.165, 1.54) is 12.3 Å². The van der Waals surface area contributed by atoms with Crippen molar-refractivity contribution in [3.8, 4) is 5.75 Å². The second kappa shape index (κ2) is 8.91. The molecule has 1 fully saturated rings. The van der Waals surface area contributed by atoms with Gasteiger partial charge in [0.1, 0.15) is 5.82 Å². The quantitative estimate of drug-likeness (QED) is 0.497. The zero-order valence-corrected chi connectivity index (χ0v) is 18.9. The zero-order chi connectivity index (χ0) is 24.6. The minimum atomic E-state index is -1.03. The molecule has 3 aromatic heterocycles. The van der Waals surface area contributed by atoms with Crippen molar-refractivity contribution in [3.63, 3.8) is 0 Å². The van der Waals surface area contributed by atoms with E-state index in [1.807, 2.05) is 0 Å². The Balaban J connectivity index is 1.32. The molecule has 35 heavy (non-hydrogen) atoms. The lowest BCUT2D eigenvalue weighted by atomic mass is 10.1. The van der Waals surface area contributed by atoms with Gasteiger partial charge in [-0.05, 0) is 26.0 Å². The molecule has 5 heterocycles. The van der Waals surface area contributed by atoms with Gasteiger partial charge in [0.15, 0.2) is 40.4 Å². The Morgan fingerprint density at radius 1 is 1.06 bits per heavy atom. The summed E-state index contributed by atoms with van der Waals surface area (Å²) in [5, 5.41) is 8.24. The van der Waals surface area contributed by atoms with E-state index in [2.05, 4.69) is 35.9 Å². The number of nitrogens with one attached hydrogen (secondary N) is 3. The summed E-state index contributed by atoms with van der Waals surface area (Å²) in [4.78, 5) is 30.4. The van der Waals surface area contributed by atoms with Crippen molar-refractivity contribution in [3.05, 3.63) is 42.2 Å². The number of ether oxygens (including phenoxy) is 2. The van der Waals surface area contributed by atoms with Crippen LogP contribution in [0.2, 0.25) is 0 Å². The highest BCUT2D eigenvalue weighted by Crippen LogP contribution is 2.33. The molecule has 11 nitrogen and oxygen atoms in total. The van der Waals surface area contributed by atoms with Crippen LogP contribution in [0.5, 0.6) is 5.75 Å². The molecule has 0 aliphatic carbocycles. The van der Waals surface area contributed by atoms with Gasteiger partial charge < -0.3 is 30.3 Å². The second-order valence-electron chi connectivity index (χ2n) is 8.38. The molecule has 2 aliphatic rings. The van der Waals surface area contributed by atoms with E-state index in [4.69, 9.17) is 9.47 Å². The van der Waals surface area contributed by atoms with Gasteiger partial charge in [0.05, 0.1) is 31.3 Å². The highest BCUT2D eigenvalue weighted by Gasteiger charge is 2.36. The first-order valence-electron chi connectivity index (χ1n) is 10.8. The fraction of sp³-hybridized carbons (Fsp3) is 0.318. The molecule has 0 unspecified atom stereocenters. The normalized spacial score (nSPS) is 16.7. The Morgan fingerprint density at radius 2 is 1.86 bits per heavy atom.